The normalized spacial score (nSPS) is 14.9. The van der Waals surface area contributed by atoms with E-state index in [1.807, 2.05) is 32.9 Å². The summed E-state index contributed by atoms with van der Waals surface area (Å²) in [5.41, 5.74) is 2.53. The Labute approximate surface area is 84.6 Å². The van der Waals surface area contributed by atoms with Gasteiger partial charge in [0.1, 0.15) is 5.60 Å². The minimum atomic E-state index is -1.37. The van der Waals surface area contributed by atoms with Crippen molar-refractivity contribution >= 4 is 6.29 Å². The first-order valence-corrected chi connectivity index (χ1v) is 4.65. The molecule has 1 aromatic rings. The van der Waals surface area contributed by atoms with Gasteiger partial charge in [0, 0.05) is 0 Å². The van der Waals surface area contributed by atoms with Crippen LogP contribution in [0.2, 0.25) is 0 Å². The van der Waals surface area contributed by atoms with Gasteiger partial charge in [0.15, 0.2) is 6.29 Å². The van der Waals surface area contributed by atoms with Gasteiger partial charge in [-0.3, -0.25) is 4.79 Å². The predicted octanol–water partition coefficient (Wildman–Crippen LogP) is 2.02. The maximum absolute atomic E-state index is 10.7. The van der Waals surface area contributed by atoms with Crippen LogP contribution in [0.25, 0.3) is 0 Å². The van der Waals surface area contributed by atoms with Gasteiger partial charge < -0.3 is 5.11 Å². The van der Waals surface area contributed by atoms with Crippen molar-refractivity contribution in [1.82, 2.24) is 0 Å². The van der Waals surface area contributed by atoms with Crippen LogP contribution in [0.1, 0.15) is 29.2 Å². The van der Waals surface area contributed by atoms with Crippen LogP contribution in [-0.4, -0.2) is 11.4 Å². The van der Waals surface area contributed by atoms with Crippen LogP contribution in [0.15, 0.2) is 12.1 Å². The molecule has 0 aliphatic heterocycles. The van der Waals surface area contributed by atoms with Crippen molar-refractivity contribution < 1.29 is 9.90 Å². The molecule has 1 unspecified atom stereocenters. The Morgan fingerprint density at radius 1 is 1.14 bits per heavy atom. The Morgan fingerprint density at radius 2 is 1.64 bits per heavy atom. The Bertz CT molecular complexity index is 365. The zero-order valence-electron chi connectivity index (χ0n) is 9.09. The van der Waals surface area contributed by atoms with Crippen LogP contribution in [0.3, 0.4) is 0 Å². The Hall–Kier alpha value is -1.15. The number of carbonyl (C=O) groups is 1. The van der Waals surface area contributed by atoms with Gasteiger partial charge in [0.25, 0.3) is 0 Å². The first-order chi connectivity index (χ1) is 6.38. The number of aldehydes is 1. The summed E-state index contributed by atoms with van der Waals surface area (Å²) < 4.78 is 0. The van der Waals surface area contributed by atoms with Gasteiger partial charge in [0.05, 0.1) is 0 Å². The molecule has 1 rings (SSSR count). The van der Waals surface area contributed by atoms with E-state index in [4.69, 9.17) is 0 Å². The van der Waals surface area contributed by atoms with Crippen molar-refractivity contribution in [3.05, 3.63) is 34.4 Å². The average molecular weight is 192 g/mol. The second-order valence-electron chi connectivity index (χ2n) is 4.02. The summed E-state index contributed by atoms with van der Waals surface area (Å²) in [6.45, 7) is 7.40. The van der Waals surface area contributed by atoms with E-state index < -0.39 is 5.60 Å². The van der Waals surface area contributed by atoms with E-state index in [-0.39, 0.29) is 0 Å². The van der Waals surface area contributed by atoms with Gasteiger partial charge in [-0.15, -0.1) is 0 Å². The average Bonchev–Trinajstić information content (AvgIpc) is 2.11. The molecule has 0 saturated carbocycles. The third kappa shape index (κ3) is 1.85. The SMILES string of the molecule is Cc1cc(C)c(C(C)(O)C=O)cc1C. The van der Waals surface area contributed by atoms with Gasteiger partial charge in [-0.25, -0.2) is 0 Å². The Balaban J connectivity index is 3.36. The van der Waals surface area contributed by atoms with Crippen molar-refractivity contribution in [1.29, 1.82) is 0 Å². The van der Waals surface area contributed by atoms with Crippen molar-refractivity contribution in [3.8, 4) is 0 Å². The number of carbonyl (C=O) groups excluding carboxylic acids is 1. The highest BCUT2D eigenvalue weighted by Gasteiger charge is 2.24. The third-order valence-corrected chi connectivity index (χ3v) is 2.62. The minimum absolute atomic E-state index is 0.574. The second kappa shape index (κ2) is 3.54. The van der Waals surface area contributed by atoms with E-state index in [9.17, 15) is 9.90 Å². The molecular formula is C12H16O2. The van der Waals surface area contributed by atoms with Crippen LogP contribution < -0.4 is 0 Å². The molecule has 1 aromatic carbocycles. The monoisotopic (exact) mass is 192 g/mol. The molecular weight excluding hydrogens is 176 g/mol. The molecule has 2 heteroatoms. The molecule has 0 fully saturated rings. The molecule has 0 aliphatic carbocycles. The van der Waals surface area contributed by atoms with E-state index in [1.165, 1.54) is 12.5 Å². The van der Waals surface area contributed by atoms with E-state index in [1.54, 1.807) is 0 Å². The molecule has 0 aliphatic rings. The smallest absolute Gasteiger partial charge is 0.155 e. The lowest BCUT2D eigenvalue weighted by atomic mass is 9.90. The van der Waals surface area contributed by atoms with Gasteiger partial charge in [-0.2, -0.15) is 0 Å². The molecule has 0 spiro atoms. The Kier molecular flexibility index (Phi) is 2.76. The number of hydrogen-bond donors (Lipinski definition) is 1. The summed E-state index contributed by atoms with van der Waals surface area (Å²) in [5.74, 6) is 0. The van der Waals surface area contributed by atoms with Crippen molar-refractivity contribution in [2.45, 2.75) is 33.3 Å². The molecule has 0 saturated heterocycles. The number of hydrogen-bond acceptors (Lipinski definition) is 2. The first kappa shape index (κ1) is 10.9. The topological polar surface area (TPSA) is 37.3 Å². The van der Waals surface area contributed by atoms with E-state index in [2.05, 4.69) is 0 Å². The number of rotatable bonds is 2. The van der Waals surface area contributed by atoms with Gasteiger partial charge >= 0.3 is 0 Å². The van der Waals surface area contributed by atoms with Crippen LogP contribution in [-0.2, 0) is 10.4 Å². The fourth-order valence-electron chi connectivity index (χ4n) is 1.57. The van der Waals surface area contributed by atoms with Crippen molar-refractivity contribution in [2.24, 2.45) is 0 Å². The van der Waals surface area contributed by atoms with Crippen molar-refractivity contribution in [3.63, 3.8) is 0 Å². The molecule has 0 heterocycles. The maximum Gasteiger partial charge on any atom is 0.155 e. The molecule has 0 radical (unpaired) electrons. The second-order valence-corrected chi connectivity index (χ2v) is 4.02. The number of aliphatic hydroxyl groups is 1. The zero-order chi connectivity index (χ0) is 10.9. The highest BCUT2D eigenvalue weighted by Crippen LogP contribution is 2.24. The summed E-state index contributed by atoms with van der Waals surface area (Å²) in [4.78, 5) is 10.7. The molecule has 2 nitrogen and oxygen atoms in total. The quantitative estimate of drug-likeness (QED) is 0.728. The minimum Gasteiger partial charge on any atom is -0.378 e. The molecule has 76 valence electrons. The molecule has 1 atom stereocenters. The number of aryl methyl sites for hydroxylation is 3. The lowest BCUT2D eigenvalue weighted by Gasteiger charge is -2.20. The highest BCUT2D eigenvalue weighted by atomic mass is 16.3. The summed E-state index contributed by atoms with van der Waals surface area (Å²) in [6.07, 6.45) is 0.574. The zero-order valence-corrected chi connectivity index (χ0v) is 9.09. The molecule has 14 heavy (non-hydrogen) atoms. The highest BCUT2D eigenvalue weighted by molar-refractivity contribution is 5.66. The fourth-order valence-corrected chi connectivity index (χ4v) is 1.57. The van der Waals surface area contributed by atoms with Crippen molar-refractivity contribution in [2.75, 3.05) is 0 Å². The van der Waals surface area contributed by atoms with E-state index >= 15 is 0 Å². The van der Waals surface area contributed by atoms with Crippen LogP contribution >= 0.6 is 0 Å². The molecule has 1 N–H and O–H groups in total. The Morgan fingerprint density at radius 3 is 2.14 bits per heavy atom. The predicted molar refractivity (Wildman–Crippen MR) is 56.3 cm³/mol. The standard InChI is InChI=1S/C12H16O2/c1-8-5-10(3)11(6-9(8)2)12(4,14)7-13/h5-7,14H,1-4H3. The molecule has 0 amide bonds. The molecule has 0 aromatic heterocycles. The van der Waals surface area contributed by atoms with Gasteiger partial charge in [-0.1, -0.05) is 12.1 Å². The summed E-state index contributed by atoms with van der Waals surface area (Å²) in [7, 11) is 0. The lowest BCUT2D eigenvalue weighted by Crippen LogP contribution is -2.24. The lowest BCUT2D eigenvalue weighted by molar-refractivity contribution is -0.123. The van der Waals surface area contributed by atoms with E-state index in [0.29, 0.717) is 11.8 Å². The van der Waals surface area contributed by atoms with Gasteiger partial charge in [0.2, 0.25) is 0 Å². The number of benzene rings is 1. The summed E-state index contributed by atoms with van der Waals surface area (Å²) in [5, 5.41) is 9.82. The summed E-state index contributed by atoms with van der Waals surface area (Å²) >= 11 is 0. The fraction of sp³-hybridized carbons (Fsp3) is 0.417. The largest absolute Gasteiger partial charge is 0.378 e. The third-order valence-electron chi connectivity index (χ3n) is 2.62. The van der Waals surface area contributed by atoms with Crippen LogP contribution in [0, 0.1) is 20.8 Å². The molecule has 0 bridgehead atoms. The van der Waals surface area contributed by atoms with Gasteiger partial charge in [-0.05, 0) is 49.9 Å². The summed E-state index contributed by atoms with van der Waals surface area (Å²) in [6, 6.07) is 3.86. The van der Waals surface area contributed by atoms with Crippen LogP contribution in [0.5, 0.6) is 0 Å². The maximum atomic E-state index is 10.7. The van der Waals surface area contributed by atoms with Crippen LogP contribution in [0.4, 0.5) is 0 Å². The first-order valence-electron chi connectivity index (χ1n) is 4.65. The van der Waals surface area contributed by atoms with E-state index in [0.717, 1.165) is 11.1 Å².